The predicted octanol–water partition coefficient (Wildman–Crippen LogP) is -0.442. The molecule has 0 bridgehead atoms. The maximum atomic E-state index is 8.48. The van der Waals surface area contributed by atoms with Crippen molar-refractivity contribution in [2.24, 2.45) is 5.73 Å². The smallest absolute Gasteiger partial charge is 0.0867 e. The van der Waals surface area contributed by atoms with Gasteiger partial charge >= 0.3 is 0 Å². The molecule has 0 aromatic carbocycles. The van der Waals surface area contributed by atoms with Gasteiger partial charge in [0.1, 0.15) is 0 Å². The van der Waals surface area contributed by atoms with Crippen LogP contribution in [-0.4, -0.2) is 43.3 Å². The Morgan fingerprint density at radius 2 is 2.58 bits per heavy atom. The first-order valence-electron chi connectivity index (χ1n) is 4.20. The lowest BCUT2D eigenvalue weighted by molar-refractivity contribution is -0.0334. The first-order valence-corrected chi connectivity index (χ1v) is 4.20. The maximum Gasteiger partial charge on any atom is 0.0867 e. The van der Waals surface area contributed by atoms with Crippen LogP contribution >= 0.6 is 0 Å². The number of morpholine rings is 1. The Balaban J connectivity index is 2.36. The van der Waals surface area contributed by atoms with Crippen LogP contribution in [0.1, 0.15) is 6.92 Å². The Morgan fingerprint density at radius 3 is 3.17 bits per heavy atom. The highest BCUT2D eigenvalue weighted by molar-refractivity contribution is 4.83. The summed E-state index contributed by atoms with van der Waals surface area (Å²) >= 11 is 0. The first-order chi connectivity index (χ1) is 5.74. The molecule has 2 atom stereocenters. The summed E-state index contributed by atoms with van der Waals surface area (Å²) < 4.78 is 5.44. The molecule has 12 heavy (non-hydrogen) atoms. The average Bonchev–Trinajstić information content (AvgIpc) is 2.05. The summed E-state index contributed by atoms with van der Waals surface area (Å²) in [5.74, 6) is 0. The molecule has 0 spiro atoms. The number of nitriles is 1. The van der Waals surface area contributed by atoms with Gasteiger partial charge in [-0.3, -0.25) is 4.90 Å². The summed E-state index contributed by atoms with van der Waals surface area (Å²) in [6.07, 6.45) is 0.0899. The maximum absolute atomic E-state index is 8.48. The van der Waals surface area contributed by atoms with Gasteiger partial charge in [0, 0.05) is 19.1 Å². The number of ether oxygens (including phenoxy) is 1. The molecule has 1 heterocycles. The molecule has 0 radical (unpaired) electrons. The van der Waals surface area contributed by atoms with Crippen molar-refractivity contribution < 1.29 is 4.74 Å². The summed E-state index contributed by atoms with van der Waals surface area (Å²) in [6, 6.07) is 2.17. The largest absolute Gasteiger partial charge is 0.374 e. The normalized spacial score (nSPS) is 27.9. The molecule has 4 nitrogen and oxygen atoms in total. The predicted molar refractivity (Wildman–Crippen MR) is 45.4 cm³/mol. The van der Waals surface area contributed by atoms with Crippen molar-refractivity contribution in [3.63, 3.8) is 0 Å². The Hall–Kier alpha value is -0.630. The van der Waals surface area contributed by atoms with Crippen molar-refractivity contribution in [1.29, 1.82) is 5.26 Å². The molecular weight excluding hydrogens is 154 g/mol. The van der Waals surface area contributed by atoms with E-state index in [0.29, 0.717) is 13.2 Å². The van der Waals surface area contributed by atoms with Crippen molar-refractivity contribution in [2.45, 2.75) is 19.1 Å². The fraction of sp³-hybridized carbons (Fsp3) is 0.875. The molecule has 1 aliphatic rings. The molecular formula is C8H15N3O. The van der Waals surface area contributed by atoms with Gasteiger partial charge in [0.15, 0.2) is 0 Å². The third-order valence-corrected chi connectivity index (χ3v) is 2.06. The summed E-state index contributed by atoms with van der Waals surface area (Å²) in [6.45, 7) is 4.73. The Kier molecular flexibility index (Phi) is 3.48. The Morgan fingerprint density at radius 1 is 1.83 bits per heavy atom. The lowest BCUT2D eigenvalue weighted by Gasteiger charge is -2.33. The molecule has 0 aromatic heterocycles. The highest BCUT2D eigenvalue weighted by Gasteiger charge is 2.22. The molecule has 4 heteroatoms. The number of rotatable bonds is 2. The zero-order chi connectivity index (χ0) is 8.97. The summed E-state index contributed by atoms with van der Waals surface area (Å²) in [5.41, 5.74) is 5.69. The van der Waals surface area contributed by atoms with Gasteiger partial charge in [-0.15, -0.1) is 0 Å². The Labute approximate surface area is 72.9 Å². The van der Waals surface area contributed by atoms with Crippen LogP contribution in [0.3, 0.4) is 0 Å². The third-order valence-electron chi connectivity index (χ3n) is 2.06. The van der Waals surface area contributed by atoms with Crippen LogP contribution in [0, 0.1) is 11.3 Å². The van der Waals surface area contributed by atoms with E-state index >= 15 is 0 Å². The molecule has 1 aliphatic heterocycles. The standard InChI is InChI=1S/C8H15N3O/c1-7(10)8-6-11(3-2-9)4-5-12-8/h7-8H,3-6,10H2,1H3. The van der Waals surface area contributed by atoms with Crippen molar-refractivity contribution >= 4 is 0 Å². The van der Waals surface area contributed by atoms with Gasteiger partial charge < -0.3 is 10.5 Å². The fourth-order valence-electron chi connectivity index (χ4n) is 1.29. The third kappa shape index (κ3) is 2.45. The topological polar surface area (TPSA) is 62.3 Å². The second-order valence-electron chi connectivity index (χ2n) is 3.16. The number of hydrogen-bond acceptors (Lipinski definition) is 4. The monoisotopic (exact) mass is 169 g/mol. The van der Waals surface area contributed by atoms with Gasteiger partial charge in [-0.25, -0.2) is 0 Å². The number of hydrogen-bond donors (Lipinski definition) is 1. The minimum Gasteiger partial charge on any atom is -0.374 e. The highest BCUT2D eigenvalue weighted by atomic mass is 16.5. The highest BCUT2D eigenvalue weighted by Crippen LogP contribution is 2.06. The van der Waals surface area contributed by atoms with Crippen molar-refractivity contribution in [1.82, 2.24) is 4.90 Å². The average molecular weight is 169 g/mol. The lowest BCUT2D eigenvalue weighted by Crippen LogP contribution is -2.49. The first kappa shape index (κ1) is 9.46. The van der Waals surface area contributed by atoms with E-state index in [1.165, 1.54) is 0 Å². The van der Waals surface area contributed by atoms with Crippen LogP contribution in [0.2, 0.25) is 0 Å². The van der Waals surface area contributed by atoms with Gasteiger partial charge in [0.25, 0.3) is 0 Å². The molecule has 1 saturated heterocycles. The van der Waals surface area contributed by atoms with E-state index in [1.54, 1.807) is 0 Å². The van der Waals surface area contributed by atoms with Gasteiger partial charge in [-0.2, -0.15) is 5.26 Å². The zero-order valence-corrected chi connectivity index (χ0v) is 7.36. The molecule has 2 unspecified atom stereocenters. The minimum atomic E-state index is 0.0477. The molecule has 2 N–H and O–H groups in total. The van der Waals surface area contributed by atoms with E-state index in [-0.39, 0.29) is 12.1 Å². The van der Waals surface area contributed by atoms with Crippen LogP contribution in [-0.2, 0) is 4.74 Å². The molecule has 0 amide bonds. The van der Waals surface area contributed by atoms with Crippen molar-refractivity contribution in [2.75, 3.05) is 26.2 Å². The van der Waals surface area contributed by atoms with Crippen LogP contribution in [0.15, 0.2) is 0 Å². The van der Waals surface area contributed by atoms with E-state index < -0.39 is 0 Å². The summed E-state index contributed by atoms with van der Waals surface area (Å²) in [4.78, 5) is 2.07. The molecule has 0 aromatic rings. The second-order valence-corrected chi connectivity index (χ2v) is 3.16. The second kappa shape index (κ2) is 4.41. The summed E-state index contributed by atoms with van der Waals surface area (Å²) in [7, 11) is 0. The van der Waals surface area contributed by atoms with Crippen LogP contribution in [0.5, 0.6) is 0 Å². The van der Waals surface area contributed by atoms with E-state index in [2.05, 4.69) is 11.0 Å². The fourth-order valence-corrected chi connectivity index (χ4v) is 1.29. The van der Waals surface area contributed by atoms with E-state index in [4.69, 9.17) is 15.7 Å². The number of nitrogens with two attached hydrogens (primary N) is 1. The minimum absolute atomic E-state index is 0.0477. The van der Waals surface area contributed by atoms with Crippen LogP contribution < -0.4 is 5.73 Å². The van der Waals surface area contributed by atoms with Crippen LogP contribution in [0.4, 0.5) is 0 Å². The summed E-state index contributed by atoms with van der Waals surface area (Å²) in [5, 5.41) is 8.48. The zero-order valence-electron chi connectivity index (χ0n) is 7.36. The molecule has 68 valence electrons. The van der Waals surface area contributed by atoms with Crippen LogP contribution in [0.25, 0.3) is 0 Å². The van der Waals surface area contributed by atoms with E-state index in [1.807, 2.05) is 6.92 Å². The molecule has 1 rings (SSSR count). The van der Waals surface area contributed by atoms with Gasteiger partial charge in [0.2, 0.25) is 0 Å². The van der Waals surface area contributed by atoms with E-state index in [9.17, 15) is 0 Å². The van der Waals surface area contributed by atoms with Gasteiger partial charge in [-0.1, -0.05) is 0 Å². The number of nitrogens with zero attached hydrogens (tertiary/aromatic N) is 2. The molecule has 0 saturated carbocycles. The Bertz CT molecular complexity index is 176. The van der Waals surface area contributed by atoms with Gasteiger partial charge in [0.05, 0.1) is 25.3 Å². The molecule has 1 fully saturated rings. The SMILES string of the molecule is CC(N)C1CN(CC#N)CCO1. The van der Waals surface area contributed by atoms with Crippen molar-refractivity contribution in [3.05, 3.63) is 0 Å². The lowest BCUT2D eigenvalue weighted by atomic mass is 10.1. The van der Waals surface area contributed by atoms with Crippen molar-refractivity contribution in [3.8, 4) is 6.07 Å². The van der Waals surface area contributed by atoms with E-state index in [0.717, 1.165) is 13.1 Å². The van der Waals surface area contributed by atoms with Gasteiger partial charge in [-0.05, 0) is 6.92 Å². The molecule has 0 aliphatic carbocycles. The quantitative estimate of drug-likeness (QED) is 0.569.